The zero-order chi connectivity index (χ0) is 10.7. The first-order chi connectivity index (χ1) is 7.25. The van der Waals surface area contributed by atoms with Crippen LogP contribution >= 0.6 is 11.6 Å². The molecular formula is C11H14ClFN2. The molecule has 0 amide bonds. The molecule has 82 valence electrons. The fourth-order valence-corrected chi connectivity index (χ4v) is 2.20. The van der Waals surface area contributed by atoms with E-state index in [-0.39, 0.29) is 5.95 Å². The lowest BCUT2D eigenvalue weighted by Crippen LogP contribution is -2.31. The van der Waals surface area contributed by atoms with Gasteiger partial charge in [0.25, 0.3) is 0 Å². The Labute approximate surface area is 93.9 Å². The topological polar surface area (TPSA) is 24.9 Å². The van der Waals surface area contributed by atoms with Crippen LogP contribution in [0.15, 0.2) is 12.3 Å². The Bertz CT molecular complexity index is 337. The summed E-state index contributed by atoms with van der Waals surface area (Å²) in [5.41, 5.74) is 0.635. The van der Waals surface area contributed by atoms with Crippen molar-refractivity contribution in [2.45, 2.75) is 19.3 Å². The number of aromatic nitrogens is 1. The molecule has 15 heavy (non-hydrogen) atoms. The molecule has 1 unspecified atom stereocenters. The van der Waals surface area contributed by atoms with Crippen LogP contribution in [-0.2, 0) is 6.42 Å². The lowest BCUT2D eigenvalue weighted by molar-refractivity contribution is 0.370. The van der Waals surface area contributed by atoms with Crippen LogP contribution in [0, 0.1) is 11.9 Å². The van der Waals surface area contributed by atoms with Gasteiger partial charge in [0.1, 0.15) is 0 Å². The van der Waals surface area contributed by atoms with Crippen LogP contribution in [0.25, 0.3) is 0 Å². The van der Waals surface area contributed by atoms with Crippen molar-refractivity contribution in [3.8, 4) is 0 Å². The Morgan fingerprint density at radius 2 is 2.47 bits per heavy atom. The van der Waals surface area contributed by atoms with Crippen LogP contribution in [0.1, 0.15) is 18.4 Å². The van der Waals surface area contributed by atoms with Crippen LogP contribution < -0.4 is 5.32 Å². The number of piperidine rings is 1. The zero-order valence-corrected chi connectivity index (χ0v) is 9.23. The van der Waals surface area contributed by atoms with Crippen molar-refractivity contribution >= 4 is 11.6 Å². The Kier molecular flexibility index (Phi) is 3.54. The van der Waals surface area contributed by atoms with E-state index in [0.29, 0.717) is 16.5 Å². The first kappa shape index (κ1) is 10.8. The van der Waals surface area contributed by atoms with Gasteiger partial charge in [0.2, 0.25) is 5.95 Å². The Morgan fingerprint density at radius 3 is 3.20 bits per heavy atom. The first-order valence-corrected chi connectivity index (χ1v) is 5.64. The average Bonchev–Trinajstić information content (AvgIpc) is 2.25. The molecule has 1 N–H and O–H groups in total. The quantitative estimate of drug-likeness (QED) is 0.787. The van der Waals surface area contributed by atoms with Gasteiger partial charge in [-0.1, -0.05) is 11.6 Å². The molecule has 1 saturated heterocycles. The Balaban J connectivity index is 2.05. The molecule has 1 aromatic heterocycles. The van der Waals surface area contributed by atoms with E-state index in [1.807, 2.05) is 0 Å². The Hall–Kier alpha value is -0.670. The molecule has 2 rings (SSSR count). The monoisotopic (exact) mass is 228 g/mol. The van der Waals surface area contributed by atoms with Crippen LogP contribution in [0.4, 0.5) is 4.39 Å². The minimum Gasteiger partial charge on any atom is -0.316 e. The second kappa shape index (κ2) is 4.90. The number of hydrogen-bond donors (Lipinski definition) is 1. The number of nitrogens with one attached hydrogen (secondary N) is 1. The molecule has 0 aliphatic carbocycles. The molecule has 1 aliphatic rings. The van der Waals surface area contributed by atoms with E-state index in [1.165, 1.54) is 12.6 Å². The molecule has 2 heterocycles. The largest absolute Gasteiger partial charge is 0.316 e. The predicted octanol–water partition coefficient (Wildman–Crippen LogP) is 2.42. The highest BCUT2D eigenvalue weighted by Crippen LogP contribution is 2.19. The van der Waals surface area contributed by atoms with Crippen molar-refractivity contribution in [2.75, 3.05) is 13.1 Å². The van der Waals surface area contributed by atoms with Gasteiger partial charge in [-0.05, 0) is 44.3 Å². The van der Waals surface area contributed by atoms with Gasteiger partial charge in [-0.15, -0.1) is 0 Å². The van der Waals surface area contributed by atoms with Gasteiger partial charge in [-0.3, -0.25) is 0 Å². The fourth-order valence-electron chi connectivity index (χ4n) is 2.02. The summed E-state index contributed by atoms with van der Waals surface area (Å²) in [5, 5.41) is 3.82. The third kappa shape index (κ3) is 2.89. The van der Waals surface area contributed by atoms with Crippen LogP contribution in [0.5, 0.6) is 0 Å². The lowest BCUT2D eigenvalue weighted by Gasteiger charge is -2.22. The summed E-state index contributed by atoms with van der Waals surface area (Å²) in [4.78, 5) is 3.63. The number of halogens is 2. The molecule has 2 nitrogen and oxygen atoms in total. The van der Waals surface area contributed by atoms with Gasteiger partial charge in [0.15, 0.2) is 0 Å². The maximum absolute atomic E-state index is 13.3. The van der Waals surface area contributed by atoms with Crippen molar-refractivity contribution in [3.63, 3.8) is 0 Å². The van der Waals surface area contributed by atoms with E-state index in [4.69, 9.17) is 11.6 Å². The standard InChI is InChI=1S/C11H14ClFN2/c12-10-5-9(11(13)15-7-10)4-8-2-1-3-14-6-8/h5,7-8,14H,1-4,6H2. The predicted molar refractivity (Wildman–Crippen MR) is 58.5 cm³/mol. The van der Waals surface area contributed by atoms with E-state index in [0.717, 1.165) is 25.9 Å². The van der Waals surface area contributed by atoms with E-state index in [1.54, 1.807) is 6.07 Å². The number of nitrogens with zero attached hydrogens (tertiary/aromatic N) is 1. The van der Waals surface area contributed by atoms with Crippen molar-refractivity contribution < 1.29 is 4.39 Å². The molecule has 0 saturated carbocycles. The number of pyridine rings is 1. The third-order valence-corrected chi connectivity index (χ3v) is 2.99. The fraction of sp³-hybridized carbons (Fsp3) is 0.545. The van der Waals surface area contributed by atoms with Gasteiger partial charge in [0, 0.05) is 11.8 Å². The number of hydrogen-bond acceptors (Lipinski definition) is 2. The lowest BCUT2D eigenvalue weighted by atomic mass is 9.93. The third-order valence-electron chi connectivity index (χ3n) is 2.79. The van der Waals surface area contributed by atoms with E-state index < -0.39 is 0 Å². The molecule has 1 fully saturated rings. The van der Waals surface area contributed by atoms with E-state index in [9.17, 15) is 4.39 Å². The molecule has 1 aromatic rings. The van der Waals surface area contributed by atoms with Crippen LogP contribution in [0.2, 0.25) is 5.02 Å². The summed E-state index contributed by atoms with van der Waals surface area (Å²) in [6.45, 7) is 2.04. The molecule has 0 aromatic carbocycles. The molecule has 0 bridgehead atoms. The van der Waals surface area contributed by atoms with E-state index in [2.05, 4.69) is 10.3 Å². The van der Waals surface area contributed by atoms with Gasteiger partial charge < -0.3 is 5.32 Å². The Morgan fingerprint density at radius 1 is 1.60 bits per heavy atom. The van der Waals surface area contributed by atoms with Crippen molar-refractivity contribution in [3.05, 3.63) is 28.8 Å². The van der Waals surface area contributed by atoms with Crippen molar-refractivity contribution in [1.29, 1.82) is 0 Å². The minimum absolute atomic E-state index is 0.384. The highest BCUT2D eigenvalue weighted by atomic mass is 35.5. The molecule has 4 heteroatoms. The summed E-state index contributed by atoms with van der Waals surface area (Å²) >= 11 is 5.79. The summed E-state index contributed by atoms with van der Waals surface area (Å²) < 4.78 is 13.3. The summed E-state index contributed by atoms with van der Waals surface area (Å²) in [6.07, 6.45) is 4.39. The summed E-state index contributed by atoms with van der Waals surface area (Å²) in [6, 6.07) is 1.68. The molecule has 1 atom stereocenters. The van der Waals surface area contributed by atoms with Gasteiger partial charge in [-0.2, -0.15) is 4.39 Å². The first-order valence-electron chi connectivity index (χ1n) is 5.26. The van der Waals surface area contributed by atoms with Gasteiger partial charge >= 0.3 is 0 Å². The second-order valence-electron chi connectivity index (χ2n) is 4.02. The second-order valence-corrected chi connectivity index (χ2v) is 4.46. The smallest absolute Gasteiger partial charge is 0.216 e. The molecular weight excluding hydrogens is 215 g/mol. The van der Waals surface area contributed by atoms with Gasteiger partial charge in [0.05, 0.1) is 5.02 Å². The van der Waals surface area contributed by atoms with E-state index >= 15 is 0 Å². The maximum Gasteiger partial charge on any atom is 0.216 e. The summed E-state index contributed by atoms with van der Waals surface area (Å²) in [7, 11) is 0. The highest BCUT2D eigenvalue weighted by molar-refractivity contribution is 6.30. The SMILES string of the molecule is Fc1ncc(Cl)cc1CC1CCCNC1. The van der Waals surface area contributed by atoms with Crippen LogP contribution in [-0.4, -0.2) is 18.1 Å². The average molecular weight is 229 g/mol. The normalized spacial score (nSPS) is 21.6. The molecule has 0 radical (unpaired) electrons. The van der Waals surface area contributed by atoms with Crippen molar-refractivity contribution in [2.24, 2.45) is 5.92 Å². The van der Waals surface area contributed by atoms with Crippen LogP contribution in [0.3, 0.4) is 0 Å². The van der Waals surface area contributed by atoms with Gasteiger partial charge in [-0.25, -0.2) is 4.98 Å². The van der Waals surface area contributed by atoms with Crippen molar-refractivity contribution in [1.82, 2.24) is 10.3 Å². The highest BCUT2D eigenvalue weighted by Gasteiger charge is 2.16. The zero-order valence-electron chi connectivity index (χ0n) is 8.47. The molecule has 0 spiro atoms. The number of rotatable bonds is 2. The molecule has 1 aliphatic heterocycles. The summed E-state index contributed by atoms with van der Waals surface area (Å²) in [5.74, 6) is 0.124. The maximum atomic E-state index is 13.3. The minimum atomic E-state index is -0.384.